The largest absolute Gasteiger partial charge is 0.369 e. The Bertz CT molecular complexity index is 1010. The number of anilines is 1. The van der Waals surface area contributed by atoms with Crippen LogP contribution in [0.5, 0.6) is 0 Å². The predicted octanol–water partition coefficient (Wildman–Crippen LogP) is 0.328. The molecule has 1 fully saturated rings. The molecule has 2 amide bonds. The molecule has 0 unspecified atom stereocenters. The highest BCUT2D eigenvalue weighted by Gasteiger charge is 2.25. The number of thioether (sulfide) groups is 1. The SMILES string of the molecule is CN(C)S(=O)(=O)c1ccc(C(=O)N2CCN(c3nnc(SCC(N)=O)s3)CC2)cc1. The van der Waals surface area contributed by atoms with E-state index in [-0.39, 0.29) is 16.6 Å². The number of nitrogens with two attached hydrogens (primary N) is 1. The second-order valence-electron chi connectivity index (χ2n) is 6.70. The van der Waals surface area contributed by atoms with Gasteiger partial charge in [0.05, 0.1) is 10.6 Å². The molecular weight excluding hydrogens is 448 g/mol. The van der Waals surface area contributed by atoms with Crippen LogP contribution in [0.25, 0.3) is 0 Å². The quantitative estimate of drug-likeness (QED) is 0.573. The van der Waals surface area contributed by atoms with Gasteiger partial charge in [-0.25, -0.2) is 12.7 Å². The maximum atomic E-state index is 12.8. The number of carbonyl (C=O) groups excluding carboxylic acids is 2. The normalized spacial score (nSPS) is 14.9. The van der Waals surface area contributed by atoms with Crippen LogP contribution in [-0.2, 0) is 14.8 Å². The number of hydrogen-bond acceptors (Lipinski definition) is 9. The number of nitrogens with zero attached hydrogens (tertiary/aromatic N) is 5. The van der Waals surface area contributed by atoms with E-state index in [1.54, 1.807) is 4.90 Å². The molecule has 0 spiro atoms. The molecular formula is C17H22N6O4S3. The minimum absolute atomic E-state index is 0.140. The number of sulfonamides is 1. The second kappa shape index (κ2) is 9.29. The molecule has 2 N–H and O–H groups in total. The summed E-state index contributed by atoms with van der Waals surface area (Å²) in [6, 6.07) is 5.98. The molecule has 162 valence electrons. The van der Waals surface area contributed by atoms with Crippen molar-refractivity contribution in [3.63, 3.8) is 0 Å². The Morgan fingerprint density at radius 1 is 1.13 bits per heavy atom. The topological polar surface area (TPSA) is 130 Å². The lowest BCUT2D eigenvalue weighted by Crippen LogP contribution is -2.48. The van der Waals surface area contributed by atoms with E-state index in [0.717, 1.165) is 9.44 Å². The number of amides is 2. The van der Waals surface area contributed by atoms with Gasteiger partial charge in [0.15, 0.2) is 4.34 Å². The van der Waals surface area contributed by atoms with Crippen LogP contribution in [0.3, 0.4) is 0 Å². The Hall–Kier alpha value is -2.22. The molecule has 1 aliphatic rings. The van der Waals surface area contributed by atoms with Crippen LogP contribution in [0.15, 0.2) is 33.5 Å². The Morgan fingerprint density at radius 3 is 2.33 bits per heavy atom. The second-order valence-corrected chi connectivity index (χ2v) is 11.0. The summed E-state index contributed by atoms with van der Waals surface area (Å²) >= 11 is 2.64. The molecule has 2 aromatic rings. The van der Waals surface area contributed by atoms with E-state index in [4.69, 9.17) is 5.73 Å². The summed E-state index contributed by atoms with van der Waals surface area (Å²) in [6.45, 7) is 2.24. The first-order valence-electron chi connectivity index (χ1n) is 9.00. The summed E-state index contributed by atoms with van der Waals surface area (Å²) in [5, 5.41) is 8.95. The Morgan fingerprint density at radius 2 is 1.77 bits per heavy atom. The standard InChI is InChI=1S/C17H22N6O4S3/c1-21(2)30(26,27)13-5-3-12(4-6-13)15(25)22-7-9-23(10-8-22)16-19-20-17(29-16)28-11-14(18)24/h3-6H,7-11H2,1-2H3,(H2,18,24). The fourth-order valence-corrected chi connectivity index (χ4v) is 5.32. The molecule has 0 bridgehead atoms. The summed E-state index contributed by atoms with van der Waals surface area (Å²) in [5.41, 5.74) is 5.59. The molecule has 1 aliphatic heterocycles. The first-order valence-corrected chi connectivity index (χ1v) is 12.2. The van der Waals surface area contributed by atoms with Gasteiger partial charge < -0.3 is 15.5 Å². The molecule has 0 aliphatic carbocycles. The zero-order valence-electron chi connectivity index (χ0n) is 16.5. The van der Waals surface area contributed by atoms with Gasteiger partial charge in [0.25, 0.3) is 5.91 Å². The third-order valence-corrected chi connectivity index (χ3v) is 8.42. The van der Waals surface area contributed by atoms with Gasteiger partial charge in [0.2, 0.25) is 21.1 Å². The summed E-state index contributed by atoms with van der Waals surface area (Å²) in [5.74, 6) is -0.388. The van der Waals surface area contributed by atoms with Gasteiger partial charge in [-0.15, -0.1) is 10.2 Å². The number of piperazine rings is 1. The highest BCUT2D eigenvalue weighted by molar-refractivity contribution is 8.01. The summed E-state index contributed by atoms with van der Waals surface area (Å²) in [4.78, 5) is 27.6. The molecule has 2 heterocycles. The van der Waals surface area contributed by atoms with E-state index in [9.17, 15) is 18.0 Å². The average molecular weight is 471 g/mol. The van der Waals surface area contributed by atoms with Crippen molar-refractivity contribution in [2.75, 3.05) is 50.9 Å². The van der Waals surface area contributed by atoms with Crippen molar-refractivity contribution < 1.29 is 18.0 Å². The van der Waals surface area contributed by atoms with Gasteiger partial charge in [0.1, 0.15) is 0 Å². The van der Waals surface area contributed by atoms with Crippen molar-refractivity contribution in [3.05, 3.63) is 29.8 Å². The molecule has 1 aromatic heterocycles. The first-order chi connectivity index (χ1) is 14.2. The number of carbonyl (C=O) groups is 2. The average Bonchev–Trinajstić information content (AvgIpc) is 3.21. The number of rotatable bonds is 7. The Balaban J connectivity index is 1.58. The van der Waals surface area contributed by atoms with E-state index < -0.39 is 15.9 Å². The van der Waals surface area contributed by atoms with Crippen molar-refractivity contribution in [2.45, 2.75) is 9.24 Å². The van der Waals surface area contributed by atoms with Gasteiger partial charge in [-0.2, -0.15) is 0 Å². The minimum Gasteiger partial charge on any atom is -0.369 e. The third-order valence-electron chi connectivity index (χ3n) is 4.45. The molecule has 0 atom stereocenters. The van der Waals surface area contributed by atoms with E-state index in [1.807, 2.05) is 4.90 Å². The third kappa shape index (κ3) is 5.09. The van der Waals surface area contributed by atoms with Gasteiger partial charge in [-0.1, -0.05) is 23.1 Å². The van der Waals surface area contributed by atoms with Crippen LogP contribution in [0.4, 0.5) is 5.13 Å². The lowest BCUT2D eigenvalue weighted by Gasteiger charge is -2.34. The summed E-state index contributed by atoms with van der Waals surface area (Å²) in [6.07, 6.45) is 0. The maximum absolute atomic E-state index is 12.8. The maximum Gasteiger partial charge on any atom is 0.253 e. The van der Waals surface area contributed by atoms with Crippen LogP contribution in [0.1, 0.15) is 10.4 Å². The lowest BCUT2D eigenvalue weighted by molar-refractivity contribution is -0.115. The van der Waals surface area contributed by atoms with Crippen LogP contribution >= 0.6 is 23.1 Å². The molecule has 10 nitrogen and oxygen atoms in total. The van der Waals surface area contributed by atoms with Crippen LogP contribution in [0, 0.1) is 0 Å². The van der Waals surface area contributed by atoms with Crippen molar-refractivity contribution in [1.29, 1.82) is 0 Å². The molecule has 30 heavy (non-hydrogen) atoms. The lowest BCUT2D eigenvalue weighted by atomic mass is 10.2. The number of aromatic nitrogens is 2. The zero-order valence-corrected chi connectivity index (χ0v) is 19.0. The summed E-state index contributed by atoms with van der Waals surface area (Å²) in [7, 11) is -0.599. The highest BCUT2D eigenvalue weighted by atomic mass is 32.2. The molecule has 0 saturated carbocycles. The molecule has 13 heteroatoms. The Kier molecular flexibility index (Phi) is 6.95. The fraction of sp³-hybridized carbons (Fsp3) is 0.412. The van der Waals surface area contributed by atoms with Crippen LogP contribution < -0.4 is 10.6 Å². The van der Waals surface area contributed by atoms with Gasteiger partial charge in [-0.05, 0) is 24.3 Å². The number of hydrogen-bond donors (Lipinski definition) is 1. The van der Waals surface area contributed by atoms with Gasteiger partial charge in [0, 0.05) is 45.8 Å². The van der Waals surface area contributed by atoms with Crippen molar-refractivity contribution in [3.8, 4) is 0 Å². The van der Waals surface area contributed by atoms with Crippen molar-refractivity contribution in [1.82, 2.24) is 19.4 Å². The van der Waals surface area contributed by atoms with Gasteiger partial charge >= 0.3 is 0 Å². The van der Waals surface area contributed by atoms with E-state index in [0.29, 0.717) is 36.1 Å². The van der Waals surface area contributed by atoms with Crippen LogP contribution in [-0.4, -0.2) is 85.7 Å². The van der Waals surface area contributed by atoms with Crippen molar-refractivity contribution >= 4 is 50.1 Å². The fourth-order valence-electron chi connectivity index (χ4n) is 2.79. The Labute approximate surface area is 183 Å². The zero-order chi connectivity index (χ0) is 21.9. The predicted molar refractivity (Wildman–Crippen MR) is 115 cm³/mol. The van der Waals surface area contributed by atoms with E-state index in [1.165, 1.54) is 61.5 Å². The van der Waals surface area contributed by atoms with Gasteiger partial charge in [-0.3, -0.25) is 9.59 Å². The van der Waals surface area contributed by atoms with Crippen molar-refractivity contribution in [2.24, 2.45) is 5.73 Å². The number of benzene rings is 1. The van der Waals surface area contributed by atoms with Crippen LogP contribution in [0.2, 0.25) is 0 Å². The monoisotopic (exact) mass is 470 g/mol. The molecule has 3 rings (SSSR count). The van der Waals surface area contributed by atoms with E-state index >= 15 is 0 Å². The first kappa shape index (κ1) is 22.5. The molecule has 0 radical (unpaired) electrons. The minimum atomic E-state index is -3.53. The van der Waals surface area contributed by atoms with E-state index in [2.05, 4.69) is 10.2 Å². The smallest absolute Gasteiger partial charge is 0.253 e. The number of primary amides is 1. The summed E-state index contributed by atoms with van der Waals surface area (Å²) < 4.78 is 26.1. The molecule has 1 aromatic carbocycles. The molecule has 1 saturated heterocycles. The highest BCUT2D eigenvalue weighted by Crippen LogP contribution is 2.28.